The van der Waals surface area contributed by atoms with Gasteiger partial charge in [0.05, 0.1) is 19.7 Å². The number of Topliss-reactive ketones (excluding diaryl/α,β-unsaturated/α-hetero) is 1. The number of hydrogen-bond acceptors (Lipinski definition) is 6. The molecule has 0 spiro atoms. The summed E-state index contributed by atoms with van der Waals surface area (Å²) in [5.74, 6) is -1.07. The van der Waals surface area contributed by atoms with Crippen LogP contribution >= 0.6 is 0 Å². The summed E-state index contributed by atoms with van der Waals surface area (Å²) < 4.78 is 36.9. The Morgan fingerprint density at radius 1 is 1.07 bits per heavy atom. The summed E-state index contributed by atoms with van der Waals surface area (Å²) in [6.07, 6.45) is 2.70. The van der Waals surface area contributed by atoms with Crippen LogP contribution in [0.5, 0.6) is 5.75 Å². The number of aliphatic carboxylic acids is 1. The number of fused-ring (bicyclic) bond motifs is 1. The first kappa shape index (κ1) is 35.0. The lowest BCUT2D eigenvalue weighted by atomic mass is 10.0. The van der Waals surface area contributed by atoms with Gasteiger partial charge in [0.2, 0.25) is 11.7 Å². The number of aliphatic imine (C=N–C) groups is 1. The van der Waals surface area contributed by atoms with Gasteiger partial charge in [-0.2, -0.15) is 13.2 Å². The van der Waals surface area contributed by atoms with Gasteiger partial charge in [-0.1, -0.05) is 38.0 Å². The van der Waals surface area contributed by atoms with Crippen molar-refractivity contribution in [2.45, 2.75) is 77.4 Å². The van der Waals surface area contributed by atoms with Crippen molar-refractivity contribution in [2.75, 3.05) is 7.11 Å². The molecule has 1 amide bonds. The zero-order valence-electron chi connectivity index (χ0n) is 25.6. The van der Waals surface area contributed by atoms with E-state index in [0.29, 0.717) is 18.6 Å². The molecule has 4 rings (SSSR count). The van der Waals surface area contributed by atoms with E-state index in [1.165, 1.54) is 0 Å². The number of aryl methyl sites for hydroxylation is 1. The lowest BCUT2D eigenvalue weighted by Crippen LogP contribution is -2.87. The molecule has 3 aromatic rings. The largest absolute Gasteiger partial charge is 0.542 e. The lowest BCUT2D eigenvalue weighted by Gasteiger charge is -2.17. The van der Waals surface area contributed by atoms with E-state index >= 15 is 0 Å². The predicted molar refractivity (Wildman–Crippen MR) is 163 cm³/mol. The SMILES string of the molecule is CCCC(=O)CCCCC[C@H](NC(=O)Cc1c(C)[nH]c2ccc(OC)cc12)C1=NC=C(c2ccccc2)[NH2+]1.O=C([O-])C(F)(F)F. The molecule has 2 heterocycles. The Labute approximate surface area is 260 Å². The zero-order valence-corrected chi connectivity index (χ0v) is 25.6. The molecule has 45 heavy (non-hydrogen) atoms. The van der Waals surface area contributed by atoms with Gasteiger partial charge in [-0.3, -0.25) is 14.9 Å². The van der Waals surface area contributed by atoms with Crippen LogP contribution in [0.15, 0.2) is 59.7 Å². The number of nitrogens with one attached hydrogen (secondary N) is 2. The second-order valence-corrected chi connectivity index (χ2v) is 10.8. The highest BCUT2D eigenvalue weighted by atomic mass is 19.4. The molecule has 12 heteroatoms. The number of ketones is 1. The van der Waals surface area contributed by atoms with E-state index in [2.05, 4.69) is 27.8 Å². The number of benzene rings is 2. The topological polar surface area (TPSA) is 140 Å². The molecule has 242 valence electrons. The Balaban J connectivity index is 0.000000707. The van der Waals surface area contributed by atoms with E-state index in [1.54, 1.807) is 7.11 Å². The molecule has 1 atom stereocenters. The summed E-state index contributed by atoms with van der Waals surface area (Å²) in [4.78, 5) is 42.1. The first-order chi connectivity index (χ1) is 21.4. The highest BCUT2D eigenvalue weighted by molar-refractivity contribution is 5.94. The molecule has 0 saturated heterocycles. The van der Waals surface area contributed by atoms with Crippen LogP contribution in [0.25, 0.3) is 16.6 Å². The van der Waals surface area contributed by atoms with Crippen molar-refractivity contribution in [2.24, 2.45) is 4.99 Å². The van der Waals surface area contributed by atoms with Gasteiger partial charge < -0.3 is 24.9 Å². The Morgan fingerprint density at radius 3 is 2.42 bits per heavy atom. The third kappa shape index (κ3) is 10.6. The number of carbonyl (C=O) groups excluding carboxylic acids is 3. The smallest absolute Gasteiger partial charge is 0.430 e. The van der Waals surface area contributed by atoms with Crippen LogP contribution in [0.4, 0.5) is 13.2 Å². The molecule has 0 aliphatic carbocycles. The Bertz CT molecular complexity index is 1530. The number of rotatable bonds is 14. The second-order valence-electron chi connectivity index (χ2n) is 10.8. The number of hydrogen-bond donors (Lipinski definition) is 3. The maximum Gasteiger partial charge on any atom is 0.430 e. The molecule has 0 saturated carbocycles. The van der Waals surface area contributed by atoms with Gasteiger partial charge in [0.25, 0.3) is 0 Å². The molecule has 1 aliphatic rings. The average molecular weight is 629 g/mol. The molecule has 1 aliphatic heterocycles. The molecule has 0 radical (unpaired) electrons. The number of carbonyl (C=O) groups is 3. The van der Waals surface area contributed by atoms with Crippen LogP contribution in [0.3, 0.4) is 0 Å². The molecule has 9 nitrogen and oxygen atoms in total. The Morgan fingerprint density at radius 2 is 1.78 bits per heavy atom. The summed E-state index contributed by atoms with van der Waals surface area (Å²) in [7, 11) is 1.65. The van der Waals surface area contributed by atoms with Crippen molar-refractivity contribution in [3.63, 3.8) is 0 Å². The number of amides is 1. The van der Waals surface area contributed by atoms with E-state index < -0.39 is 12.1 Å². The minimum atomic E-state index is -5.19. The third-order valence-corrected chi connectivity index (χ3v) is 7.33. The van der Waals surface area contributed by atoms with E-state index in [-0.39, 0.29) is 18.4 Å². The number of nitrogens with two attached hydrogens (primary N) is 1. The molecule has 4 N–H and O–H groups in total. The number of carboxylic acids is 1. The highest BCUT2D eigenvalue weighted by Crippen LogP contribution is 2.27. The van der Waals surface area contributed by atoms with Gasteiger partial charge in [-0.15, -0.1) is 0 Å². The summed E-state index contributed by atoms with van der Waals surface area (Å²) in [5, 5.41) is 15.1. The predicted octanol–water partition coefficient (Wildman–Crippen LogP) is 4.10. The number of aromatic amines is 1. The molecule has 1 aromatic heterocycles. The molecule has 0 bridgehead atoms. The number of carboxylic acid groups (broad SMARTS) is 1. The molecule has 0 fully saturated rings. The lowest BCUT2D eigenvalue weighted by molar-refractivity contribution is -0.434. The number of nitrogens with zero attached hydrogens (tertiary/aromatic N) is 1. The maximum absolute atomic E-state index is 13.3. The zero-order chi connectivity index (χ0) is 33.0. The second kappa shape index (κ2) is 16.6. The van der Waals surface area contributed by atoms with Crippen molar-refractivity contribution in [3.8, 4) is 5.75 Å². The number of methoxy groups -OCH3 is 1. The van der Waals surface area contributed by atoms with E-state index in [1.807, 2.05) is 56.4 Å². The van der Waals surface area contributed by atoms with Crippen LogP contribution in [0.1, 0.15) is 68.7 Å². The number of ether oxygens (including phenoxy) is 1. The van der Waals surface area contributed by atoms with Crippen molar-refractivity contribution >= 4 is 40.1 Å². The average Bonchev–Trinajstić information content (AvgIpc) is 3.61. The molecule has 0 unspecified atom stereocenters. The minimum absolute atomic E-state index is 0.0378. The van der Waals surface area contributed by atoms with Gasteiger partial charge in [-0.25, -0.2) is 4.99 Å². The number of alkyl halides is 3. The molecular weight excluding hydrogens is 589 g/mol. The number of amidine groups is 1. The highest BCUT2D eigenvalue weighted by Gasteiger charge is 2.29. The molecular formula is C33H39F3N4O5. The number of aromatic nitrogens is 1. The number of quaternary nitrogens is 1. The van der Waals surface area contributed by atoms with Gasteiger partial charge in [0, 0.05) is 35.0 Å². The standard InChI is InChI=1S/C31H38N4O3.C2HF3O2/c1-4-11-23(36)14-9-6-10-15-28(31-32-20-29(35-31)22-12-7-5-8-13-22)34-30(37)19-25-21(2)33-27-17-16-24(38-3)18-26(25)27;3-2(4,5)1(6)7/h5,7-8,12-13,16-18,20,28,33H,4,6,9-11,14-15,19H2,1-3H3,(H,32,35)(H,34,37);(H,6,7)/t28-;/m0./s1. The van der Waals surface area contributed by atoms with Crippen molar-refractivity contribution in [1.82, 2.24) is 10.3 Å². The Kier molecular flexibility index (Phi) is 12.9. The monoisotopic (exact) mass is 628 g/mol. The van der Waals surface area contributed by atoms with E-state index in [0.717, 1.165) is 77.1 Å². The number of H-pyrrole nitrogens is 1. The van der Waals surface area contributed by atoms with Crippen molar-refractivity contribution < 1.29 is 42.7 Å². The fraction of sp³-hybridized carbons (Fsp3) is 0.394. The first-order valence-electron chi connectivity index (χ1n) is 14.8. The first-order valence-corrected chi connectivity index (χ1v) is 14.8. The van der Waals surface area contributed by atoms with Crippen molar-refractivity contribution in [1.29, 1.82) is 0 Å². The van der Waals surface area contributed by atoms with Gasteiger partial charge in [0.1, 0.15) is 23.5 Å². The quantitative estimate of drug-likeness (QED) is 0.231. The number of unbranched alkanes of at least 4 members (excludes halogenated alkanes) is 2. The van der Waals surface area contributed by atoms with Crippen LogP contribution in [-0.4, -0.2) is 47.8 Å². The summed E-state index contributed by atoms with van der Waals surface area (Å²) in [5.41, 5.74) is 5.10. The maximum atomic E-state index is 13.3. The minimum Gasteiger partial charge on any atom is -0.542 e. The van der Waals surface area contributed by atoms with Crippen LogP contribution in [0.2, 0.25) is 0 Å². The van der Waals surface area contributed by atoms with Gasteiger partial charge >= 0.3 is 6.18 Å². The summed E-state index contributed by atoms with van der Waals surface area (Å²) in [6.45, 7) is 4.04. The van der Waals surface area contributed by atoms with Gasteiger partial charge in [-0.05, 0) is 62.1 Å². The summed E-state index contributed by atoms with van der Waals surface area (Å²) >= 11 is 0. The fourth-order valence-corrected chi connectivity index (χ4v) is 5.02. The summed E-state index contributed by atoms with van der Waals surface area (Å²) in [6, 6.07) is 15.8. The third-order valence-electron chi connectivity index (χ3n) is 7.33. The number of halogens is 3. The van der Waals surface area contributed by atoms with Crippen LogP contribution in [0, 0.1) is 6.92 Å². The van der Waals surface area contributed by atoms with Gasteiger partial charge in [0.15, 0.2) is 5.70 Å². The Hall–Kier alpha value is -4.45. The molecule has 2 aromatic carbocycles. The van der Waals surface area contributed by atoms with Crippen LogP contribution < -0.4 is 20.5 Å². The normalized spacial score (nSPS) is 13.4. The van der Waals surface area contributed by atoms with Crippen LogP contribution in [-0.2, 0) is 20.8 Å². The van der Waals surface area contributed by atoms with E-state index in [4.69, 9.17) is 19.6 Å². The fourth-order valence-electron chi connectivity index (χ4n) is 5.02. The van der Waals surface area contributed by atoms with Crippen molar-refractivity contribution in [3.05, 3.63) is 71.6 Å². The van der Waals surface area contributed by atoms with E-state index in [9.17, 15) is 22.8 Å².